The third-order valence-corrected chi connectivity index (χ3v) is 5.56. The van der Waals surface area contributed by atoms with Gasteiger partial charge >= 0.3 is 0 Å². The molecule has 5 aromatic rings. The number of thiazole rings is 1. The fraction of sp³-hybridized carbons (Fsp3) is 0.0476. The third kappa shape index (κ3) is 2.82. The summed E-state index contributed by atoms with van der Waals surface area (Å²) >= 11 is 1.45. The van der Waals surface area contributed by atoms with Crippen LogP contribution in [0.5, 0.6) is 0 Å². The maximum absolute atomic E-state index is 12.3. The Kier molecular flexibility index (Phi) is 3.87. The molecule has 0 saturated carbocycles. The van der Waals surface area contributed by atoms with Crippen molar-refractivity contribution in [3.8, 4) is 11.1 Å². The highest BCUT2D eigenvalue weighted by Gasteiger charge is 2.13. The number of hydrogen-bond donors (Lipinski definition) is 2. The summed E-state index contributed by atoms with van der Waals surface area (Å²) in [7, 11) is 0. The number of rotatable bonds is 3. The summed E-state index contributed by atoms with van der Waals surface area (Å²) in [4.78, 5) is 20.9. The Labute approximate surface area is 164 Å². The molecule has 0 atom stereocenters. The van der Waals surface area contributed by atoms with E-state index in [2.05, 4.69) is 50.6 Å². The van der Waals surface area contributed by atoms with E-state index < -0.39 is 0 Å². The molecule has 0 bridgehead atoms. The molecule has 0 saturated heterocycles. The van der Waals surface area contributed by atoms with Gasteiger partial charge in [0, 0.05) is 11.6 Å². The number of nitrogens with zero attached hydrogens (tertiary/aromatic N) is 3. The maximum Gasteiger partial charge on any atom is 0.276 e. The van der Waals surface area contributed by atoms with Crippen LogP contribution >= 0.6 is 11.3 Å². The van der Waals surface area contributed by atoms with Gasteiger partial charge in [-0.3, -0.25) is 20.2 Å². The van der Waals surface area contributed by atoms with E-state index in [1.165, 1.54) is 16.9 Å². The standard InChI is InChI=1S/C21H15N5OS/c1-12-5-7-15-14(11-23-26-15)19(12)13-6-8-16-18(10-13)28-21(24-16)25-20(27)17-4-2-3-9-22-17/h2-11H,1H3,(H,23,26)(H,24,25,27). The average molecular weight is 385 g/mol. The lowest BCUT2D eigenvalue weighted by atomic mass is 9.97. The van der Waals surface area contributed by atoms with Crippen molar-refractivity contribution in [1.29, 1.82) is 0 Å². The molecule has 0 unspecified atom stereocenters. The molecule has 0 aliphatic rings. The number of benzene rings is 2. The van der Waals surface area contributed by atoms with Gasteiger partial charge in [-0.1, -0.05) is 29.5 Å². The van der Waals surface area contributed by atoms with Crippen LogP contribution in [0, 0.1) is 6.92 Å². The van der Waals surface area contributed by atoms with Crippen molar-refractivity contribution in [3.05, 3.63) is 72.2 Å². The monoisotopic (exact) mass is 385 g/mol. The predicted molar refractivity (Wildman–Crippen MR) is 112 cm³/mol. The molecule has 0 aliphatic carbocycles. The van der Waals surface area contributed by atoms with Crippen LogP contribution in [0.15, 0.2) is 60.9 Å². The molecular formula is C21H15N5OS. The molecule has 136 valence electrons. The normalized spacial score (nSPS) is 11.2. The van der Waals surface area contributed by atoms with Gasteiger partial charge in [0.05, 0.1) is 21.9 Å². The molecule has 0 aliphatic heterocycles. The molecule has 0 fully saturated rings. The number of pyridine rings is 1. The van der Waals surface area contributed by atoms with E-state index in [1.54, 1.807) is 24.4 Å². The van der Waals surface area contributed by atoms with E-state index in [9.17, 15) is 4.79 Å². The number of amides is 1. The highest BCUT2D eigenvalue weighted by molar-refractivity contribution is 7.22. The second-order valence-corrected chi connectivity index (χ2v) is 7.49. The molecular weight excluding hydrogens is 370 g/mol. The smallest absolute Gasteiger partial charge is 0.276 e. The van der Waals surface area contributed by atoms with Crippen LogP contribution in [0.3, 0.4) is 0 Å². The summed E-state index contributed by atoms with van der Waals surface area (Å²) in [6, 6.07) is 15.5. The van der Waals surface area contributed by atoms with Crippen molar-refractivity contribution in [1.82, 2.24) is 20.2 Å². The van der Waals surface area contributed by atoms with Crippen LogP contribution in [0.25, 0.3) is 32.2 Å². The average Bonchev–Trinajstić information content (AvgIpc) is 3.34. The van der Waals surface area contributed by atoms with Gasteiger partial charge in [0.25, 0.3) is 5.91 Å². The van der Waals surface area contributed by atoms with Crippen LogP contribution in [0.1, 0.15) is 16.1 Å². The van der Waals surface area contributed by atoms with Gasteiger partial charge in [-0.05, 0) is 53.9 Å². The van der Waals surface area contributed by atoms with Gasteiger partial charge in [-0.15, -0.1) is 0 Å². The summed E-state index contributed by atoms with van der Waals surface area (Å²) in [5.74, 6) is -0.265. The Hall–Kier alpha value is -3.58. The quantitative estimate of drug-likeness (QED) is 0.467. The van der Waals surface area contributed by atoms with Gasteiger partial charge in [-0.25, -0.2) is 4.98 Å². The van der Waals surface area contributed by atoms with Crippen LogP contribution in [-0.4, -0.2) is 26.1 Å². The number of aromatic nitrogens is 4. The second-order valence-electron chi connectivity index (χ2n) is 6.46. The summed E-state index contributed by atoms with van der Waals surface area (Å²) in [5, 5.41) is 11.7. The van der Waals surface area contributed by atoms with Crippen molar-refractivity contribution in [3.63, 3.8) is 0 Å². The molecule has 2 aromatic carbocycles. The number of fused-ring (bicyclic) bond motifs is 2. The molecule has 3 heterocycles. The summed E-state index contributed by atoms with van der Waals surface area (Å²) in [5.41, 5.74) is 5.66. The number of nitrogens with one attached hydrogen (secondary N) is 2. The van der Waals surface area contributed by atoms with Crippen molar-refractivity contribution in [2.24, 2.45) is 0 Å². The number of carbonyl (C=O) groups excluding carboxylic acids is 1. The van der Waals surface area contributed by atoms with Crippen molar-refractivity contribution >= 4 is 43.5 Å². The number of carbonyl (C=O) groups is 1. The number of aryl methyl sites for hydroxylation is 1. The first-order valence-corrected chi connectivity index (χ1v) is 9.57. The minimum absolute atomic E-state index is 0.265. The highest BCUT2D eigenvalue weighted by Crippen LogP contribution is 2.35. The Morgan fingerprint density at radius 1 is 1.14 bits per heavy atom. The van der Waals surface area contributed by atoms with E-state index in [1.807, 2.05) is 18.3 Å². The number of hydrogen-bond acceptors (Lipinski definition) is 5. The molecule has 0 radical (unpaired) electrons. The lowest BCUT2D eigenvalue weighted by Crippen LogP contribution is -2.12. The molecule has 7 heteroatoms. The largest absolute Gasteiger partial charge is 0.296 e. The van der Waals surface area contributed by atoms with E-state index in [4.69, 9.17) is 0 Å². The lowest BCUT2D eigenvalue weighted by molar-refractivity contribution is 0.102. The Morgan fingerprint density at radius 3 is 2.93 bits per heavy atom. The number of H-pyrrole nitrogens is 1. The minimum atomic E-state index is -0.265. The van der Waals surface area contributed by atoms with Crippen molar-refractivity contribution < 1.29 is 4.79 Å². The SMILES string of the molecule is Cc1ccc2[nH]ncc2c1-c1ccc2nc(NC(=O)c3ccccn3)sc2c1. The van der Waals surface area contributed by atoms with Crippen LogP contribution in [0.2, 0.25) is 0 Å². The van der Waals surface area contributed by atoms with Crippen LogP contribution < -0.4 is 5.32 Å². The van der Waals surface area contributed by atoms with E-state index in [-0.39, 0.29) is 5.91 Å². The molecule has 28 heavy (non-hydrogen) atoms. The molecule has 3 aromatic heterocycles. The first-order valence-electron chi connectivity index (χ1n) is 8.75. The van der Waals surface area contributed by atoms with Gasteiger partial charge in [0.15, 0.2) is 5.13 Å². The van der Waals surface area contributed by atoms with E-state index >= 15 is 0 Å². The van der Waals surface area contributed by atoms with Crippen LogP contribution in [-0.2, 0) is 0 Å². The highest BCUT2D eigenvalue weighted by atomic mass is 32.1. The van der Waals surface area contributed by atoms with Gasteiger partial charge in [-0.2, -0.15) is 5.10 Å². The summed E-state index contributed by atoms with van der Waals surface area (Å²) in [6.45, 7) is 2.09. The Morgan fingerprint density at radius 2 is 2.07 bits per heavy atom. The van der Waals surface area contributed by atoms with Crippen molar-refractivity contribution in [2.75, 3.05) is 5.32 Å². The molecule has 6 nitrogen and oxygen atoms in total. The summed E-state index contributed by atoms with van der Waals surface area (Å²) < 4.78 is 1.01. The fourth-order valence-corrected chi connectivity index (χ4v) is 4.20. The molecule has 2 N–H and O–H groups in total. The minimum Gasteiger partial charge on any atom is -0.296 e. The van der Waals surface area contributed by atoms with Crippen LogP contribution in [0.4, 0.5) is 5.13 Å². The van der Waals surface area contributed by atoms with Gasteiger partial charge in [0.1, 0.15) is 5.69 Å². The van der Waals surface area contributed by atoms with E-state index in [0.717, 1.165) is 32.2 Å². The fourth-order valence-electron chi connectivity index (χ4n) is 3.30. The number of aromatic amines is 1. The zero-order valence-electron chi connectivity index (χ0n) is 14.9. The molecule has 0 spiro atoms. The zero-order valence-corrected chi connectivity index (χ0v) is 15.7. The summed E-state index contributed by atoms with van der Waals surface area (Å²) in [6.07, 6.45) is 3.45. The Balaban J connectivity index is 1.53. The van der Waals surface area contributed by atoms with Gasteiger partial charge in [0.2, 0.25) is 0 Å². The topological polar surface area (TPSA) is 83.6 Å². The predicted octanol–water partition coefficient (Wildman–Crippen LogP) is 4.80. The molecule has 1 amide bonds. The van der Waals surface area contributed by atoms with Crippen molar-refractivity contribution in [2.45, 2.75) is 6.92 Å². The first kappa shape index (κ1) is 16.6. The van der Waals surface area contributed by atoms with Gasteiger partial charge < -0.3 is 0 Å². The Bertz CT molecular complexity index is 1320. The third-order valence-electron chi connectivity index (χ3n) is 4.63. The second kappa shape index (κ2) is 6.54. The maximum atomic E-state index is 12.3. The zero-order chi connectivity index (χ0) is 19.1. The van der Waals surface area contributed by atoms with E-state index in [0.29, 0.717) is 10.8 Å². The number of anilines is 1. The lowest BCUT2D eigenvalue weighted by Gasteiger charge is -2.07. The molecule has 5 rings (SSSR count). The first-order chi connectivity index (χ1) is 13.7.